The van der Waals surface area contributed by atoms with E-state index in [1.807, 2.05) is 0 Å². The molecule has 2 aromatic rings. The second kappa shape index (κ2) is 7.28. The molecule has 0 saturated heterocycles. The van der Waals surface area contributed by atoms with E-state index >= 15 is 0 Å². The zero-order valence-corrected chi connectivity index (χ0v) is 12.9. The molecule has 6 heteroatoms. The van der Waals surface area contributed by atoms with E-state index in [1.54, 1.807) is 36.4 Å². The molecule has 0 aliphatic rings. The van der Waals surface area contributed by atoms with E-state index in [2.05, 4.69) is 21.2 Å². The Labute approximate surface area is 131 Å². The Hall–Kier alpha value is -1.56. The van der Waals surface area contributed by atoms with Crippen LogP contribution in [0.1, 0.15) is 15.9 Å². The van der Waals surface area contributed by atoms with Gasteiger partial charge < -0.3 is 16.2 Å². The van der Waals surface area contributed by atoms with Crippen LogP contribution in [0.3, 0.4) is 0 Å². The van der Waals surface area contributed by atoms with Crippen LogP contribution in [0, 0.1) is 0 Å². The van der Waals surface area contributed by atoms with Crippen molar-refractivity contribution in [3.8, 4) is 5.75 Å². The average Bonchev–Trinajstić information content (AvgIpc) is 2.43. The van der Waals surface area contributed by atoms with Crippen molar-refractivity contribution < 1.29 is 9.90 Å². The third-order valence-corrected chi connectivity index (χ3v) is 3.15. The lowest BCUT2D eigenvalue weighted by Crippen LogP contribution is -2.12. The first-order valence-corrected chi connectivity index (χ1v) is 6.48. The summed E-state index contributed by atoms with van der Waals surface area (Å²) in [5.74, 6) is -0.257. The number of benzene rings is 2. The highest BCUT2D eigenvalue weighted by Crippen LogP contribution is 2.27. The van der Waals surface area contributed by atoms with Gasteiger partial charge in [-0.3, -0.25) is 4.79 Å². The van der Waals surface area contributed by atoms with Gasteiger partial charge >= 0.3 is 0 Å². The predicted octanol–water partition coefficient (Wildman–Crippen LogP) is 3.29. The molecule has 0 spiro atoms. The number of carbonyl (C=O) groups is 1. The van der Waals surface area contributed by atoms with Gasteiger partial charge in [0.1, 0.15) is 5.75 Å². The first kappa shape index (κ1) is 16.5. The minimum Gasteiger partial charge on any atom is -0.506 e. The van der Waals surface area contributed by atoms with Gasteiger partial charge in [0.25, 0.3) is 5.91 Å². The second-order valence-corrected chi connectivity index (χ2v) is 4.93. The first-order valence-electron chi connectivity index (χ1n) is 5.69. The second-order valence-electron chi connectivity index (χ2n) is 4.02. The Morgan fingerprint density at radius 1 is 1.20 bits per heavy atom. The molecule has 0 bridgehead atoms. The normalized spacial score (nSPS) is 9.70. The van der Waals surface area contributed by atoms with Crippen LogP contribution in [0.25, 0.3) is 0 Å². The maximum Gasteiger partial charge on any atom is 0.255 e. The molecule has 4 nitrogen and oxygen atoms in total. The highest BCUT2D eigenvalue weighted by atomic mass is 79.9. The van der Waals surface area contributed by atoms with E-state index in [0.29, 0.717) is 17.8 Å². The monoisotopic (exact) mass is 356 g/mol. The van der Waals surface area contributed by atoms with Crippen molar-refractivity contribution in [1.82, 2.24) is 0 Å². The molecule has 2 aromatic carbocycles. The van der Waals surface area contributed by atoms with E-state index < -0.39 is 0 Å². The van der Waals surface area contributed by atoms with Gasteiger partial charge in [0, 0.05) is 16.6 Å². The number of carbonyl (C=O) groups excluding carboxylic acids is 1. The molecule has 0 unspecified atom stereocenters. The topological polar surface area (TPSA) is 75.4 Å². The Balaban J connectivity index is 0.00000200. The van der Waals surface area contributed by atoms with Gasteiger partial charge in [0.2, 0.25) is 0 Å². The predicted molar refractivity (Wildman–Crippen MR) is 85.3 cm³/mol. The number of rotatable bonds is 3. The largest absolute Gasteiger partial charge is 0.506 e. The van der Waals surface area contributed by atoms with Crippen LogP contribution in [-0.2, 0) is 6.54 Å². The van der Waals surface area contributed by atoms with Gasteiger partial charge in [-0.25, -0.2) is 0 Å². The van der Waals surface area contributed by atoms with E-state index in [4.69, 9.17) is 5.73 Å². The molecule has 0 saturated carbocycles. The van der Waals surface area contributed by atoms with Crippen molar-refractivity contribution in [2.45, 2.75) is 6.54 Å². The summed E-state index contributed by atoms with van der Waals surface area (Å²) in [5.41, 5.74) is 7.33. The molecule has 1 amide bonds. The highest BCUT2D eigenvalue weighted by molar-refractivity contribution is 9.10. The van der Waals surface area contributed by atoms with Gasteiger partial charge in [-0.15, -0.1) is 12.4 Å². The zero-order valence-electron chi connectivity index (χ0n) is 10.5. The number of hydrogen-bond donors (Lipinski definition) is 3. The zero-order chi connectivity index (χ0) is 13.8. The number of phenolic OH excluding ortho intramolecular Hbond substituents is 1. The molecule has 0 aromatic heterocycles. The summed E-state index contributed by atoms with van der Waals surface area (Å²) >= 11 is 3.29. The summed E-state index contributed by atoms with van der Waals surface area (Å²) in [6.07, 6.45) is 0. The molecular formula is C14H14BrClN2O2. The fourth-order valence-electron chi connectivity index (χ4n) is 1.60. The summed E-state index contributed by atoms with van der Waals surface area (Å²) < 4.78 is 0.777. The number of aromatic hydroxyl groups is 1. The Kier molecular flexibility index (Phi) is 6.01. The molecular weight excluding hydrogens is 344 g/mol. The molecule has 0 aliphatic carbocycles. The van der Waals surface area contributed by atoms with Crippen molar-refractivity contribution in [3.05, 3.63) is 58.1 Å². The lowest BCUT2D eigenvalue weighted by Gasteiger charge is -2.08. The smallest absolute Gasteiger partial charge is 0.255 e. The maximum atomic E-state index is 12.0. The van der Waals surface area contributed by atoms with Crippen LogP contribution in [-0.4, -0.2) is 11.0 Å². The summed E-state index contributed by atoms with van der Waals surface area (Å²) in [5, 5.41) is 12.3. The Bertz CT molecular complexity index is 603. The van der Waals surface area contributed by atoms with Crippen molar-refractivity contribution in [3.63, 3.8) is 0 Å². The van der Waals surface area contributed by atoms with Crippen LogP contribution in [0.2, 0.25) is 0 Å². The fraction of sp³-hybridized carbons (Fsp3) is 0.0714. The Morgan fingerprint density at radius 3 is 2.45 bits per heavy atom. The number of anilines is 1. The lowest BCUT2D eigenvalue weighted by molar-refractivity contribution is 0.102. The van der Waals surface area contributed by atoms with Crippen LogP contribution < -0.4 is 11.1 Å². The number of hydrogen-bond acceptors (Lipinski definition) is 3. The number of nitrogens with two attached hydrogens (primary N) is 1. The lowest BCUT2D eigenvalue weighted by atomic mass is 10.1. The molecule has 4 N–H and O–H groups in total. The summed E-state index contributed by atoms with van der Waals surface area (Å²) in [6, 6.07) is 11.9. The van der Waals surface area contributed by atoms with E-state index in [1.165, 1.54) is 6.07 Å². The van der Waals surface area contributed by atoms with E-state index in [0.717, 1.165) is 10.0 Å². The SMILES string of the molecule is Cl.NCc1ccc(C(=O)Nc2cc(Br)ccc2O)cc1. The highest BCUT2D eigenvalue weighted by Gasteiger charge is 2.09. The average molecular weight is 358 g/mol. The fourth-order valence-corrected chi connectivity index (χ4v) is 1.96. The maximum absolute atomic E-state index is 12.0. The third-order valence-electron chi connectivity index (χ3n) is 2.66. The van der Waals surface area contributed by atoms with Crippen LogP contribution in [0.5, 0.6) is 5.75 Å². The van der Waals surface area contributed by atoms with Gasteiger partial charge in [0.05, 0.1) is 5.69 Å². The minimum atomic E-state index is -0.281. The third kappa shape index (κ3) is 3.96. The van der Waals surface area contributed by atoms with Crippen molar-refractivity contribution >= 4 is 39.9 Å². The molecule has 0 fully saturated rings. The molecule has 0 atom stereocenters. The summed E-state index contributed by atoms with van der Waals surface area (Å²) in [7, 11) is 0. The molecule has 20 heavy (non-hydrogen) atoms. The van der Waals surface area contributed by atoms with Crippen LogP contribution >= 0.6 is 28.3 Å². The van der Waals surface area contributed by atoms with Crippen molar-refractivity contribution in [2.24, 2.45) is 5.73 Å². The van der Waals surface area contributed by atoms with Crippen LogP contribution in [0.4, 0.5) is 5.69 Å². The molecule has 0 heterocycles. The van der Waals surface area contributed by atoms with Gasteiger partial charge in [-0.05, 0) is 35.9 Å². The quantitative estimate of drug-likeness (QED) is 0.738. The van der Waals surface area contributed by atoms with Crippen molar-refractivity contribution in [1.29, 1.82) is 0 Å². The molecule has 106 valence electrons. The first-order chi connectivity index (χ1) is 9.10. The van der Waals surface area contributed by atoms with Crippen LogP contribution in [0.15, 0.2) is 46.9 Å². The molecule has 2 rings (SSSR count). The minimum absolute atomic E-state index is 0. The van der Waals surface area contributed by atoms with Gasteiger partial charge in [-0.2, -0.15) is 0 Å². The summed E-state index contributed by atoms with van der Waals surface area (Å²) in [4.78, 5) is 12.0. The van der Waals surface area contributed by atoms with Gasteiger partial charge in [-0.1, -0.05) is 28.1 Å². The standard InChI is InChI=1S/C14H13BrN2O2.ClH/c15-11-5-6-13(18)12(7-11)17-14(19)10-3-1-9(8-16)2-4-10;/h1-7,18H,8,16H2,(H,17,19);1H. The van der Waals surface area contributed by atoms with E-state index in [9.17, 15) is 9.90 Å². The number of halogens is 2. The number of phenols is 1. The Morgan fingerprint density at radius 2 is 1.85 bits per heavy atom. The molecule has 0 radical (unpaired) electrons. The van der Waals surface area contributed by atoms with Crippen molar-refractivity contribution in [2.75, 3.05) is 5.32 Å². The van der Waals surface area contributed by atoms with Gasteiger partial charge in [0.15, 0.2) is 0 Å². The summed E-state index contributed by atoms with van der Waals surface area (Å²) in [6.45, 7) is 0.439. The number of amides is 1. The number of nitrogens with one attached hydrogen (secondary N) is 1. The van der Waals surface area contributed by atoms with E-state index in [-0.39, 0.29) is 24.1 Å². The molecule has 0 aliphatic heterocycles.